The molecule has 2 aliphatic rings. The standard InChI is InChI=1S/C35H33F3N5O4PS/c1-22-19-28(23(2)42(22)27-12-8-9-25(21-27)35(36,37)38)31-32-33(43(40-31)26-10-6-5-7-11-26)39-34(24-13-14-29(44-3)30(20-24)45-4)47-48(32,49)41-15-17-46-18-16-41/h5-14,19-21H,15-18H2,1-4H3. The van der Waals surface area contributed by atoms with Crippen molar-refractivity contribution in [3.05, 3.63) is 101 Å². The molecule has 3 aromatic carbocycles. The van der Waals surface area contributed by atoms with E-state index in [0.29, 0.717) is 77.5 Å². The van der Waals surface area contributed by atoms with Crippen molar-refractivity contribution in [3.63, 3.8) is 0 Å². The van der Waals surface area contributed by atoms with Gasteiger partial charge in [0.05, 0.1) is 38.7 Å². The van der Waals surface area contributed by atoms with E-state index in [4.69, 9.17) is 40.6 Å². The highest BCUT2D eigenvalue weighted by Gasteiger charge is 2.44. The molecule has 14 heteroatoms. The highest BCUT2D eigenvalue weighted by Crippen LogP contribution is 2.58. The zero-order valence-electron chi connectivity index (χ0n) is 27.2. The molecule has 0 bridgehead atoms. The third kappa shape index (κ3) is 5.84. The molecule has 0 aliphatic carbocycles. The lowest BCUT2D eigenvalue weighted by Crippen LogP contribution is -2.39. The van der Waals surface area contributed by atoms with Gasteiger partial charge in [0.25, 0.3) is 0 Å². The van der Waals surface area contributed by atoms with E-state index in [1.165, 1.54) is 6.07 Å². The molecular weight excluding hydrogens is 674 g/mol. The number of methoxy groups -OCH3 is 2. The molecule has 0 N–H and O–H groups in total. The van der Waals surface area contributed by atoms with E-state index in [9.17, 15) is 13.2 Å². The van der Waals surface area contributed by atoms with Gasteiger partial charge in [-0.15, -0.1) is 0 Å². The zero-order chi connectivity index (χ0) is 34.5. The number of nitrogens with zero attached hydrogens (tertiary/aromatic N) is 5. The average molecular weight is 708 g/mol. The van der Waals surface area contributed by atoms with Crippen molar-refractivity contribution in [1.29, 1.82) is 0 Å². The Kier molecular flexibility index (Phi) is 8.64. The number of fused-ring (bicyclic) bond motifs is 1. The molecule has 5 aromatic rings. The Hall–Kier alpha value is -4.42. The Bertz CT molecular complexity index is 2120. The van der Waals surface area contributed by atoms with Gasteiger partial charge in [-0.2, -0.15) is 23.3 Å². The summed E-state index contributed by atoms with van der Waals surface area (Å²) in [6.07, 6.45) is -7.61. The molecule has 0 saturated carbocycles. The number of hydrogen-bond donors (Lipinski definition) is 0. The molecule has 9 nitrogen and oxygen atoms in total. The van der Waals surface area contributed by atoms with Gasteiger partial charge in [-0.1, -0.05) is 24.3 Å². The van der Waals surface area contributed by atoms with Crippen molar-refractivity contribution < 1.29 is 31.9 Å². The van der Waals surface area contributed by atoms with Crippen LogP contribution in [0, 0.1) is 13.8 Å². The highest BCUT2D eigenvalue weighted by atomic mass is 32.4. The smallest absolute Gasteiger partial charge is 0.416 e. The van der Waals surface area contributed by atoms with Crippen LogP contribution in [0.3, 0.4) is 0 Å². The topological polar surface area (TPSA) is 75.3 Å². The fourth-order valence-corrected chi connectivity index (χ4v) is 9.89. The normalized spacial score (nSPS) is 18.1. The zero-order valence-corrected chi connectivity index (χ0v) is 28.9. The van der Waals surface area contributed by atoms with Gasteiger partial charge in [-0.3, -0.25) is 0 Å². The maximum Gasteiger partial charge on any atom is 0.416 e. The number of aromatic nitrogens is 3. The molecular formula is C35H33F3N5O4PS. The van der Waals surface area contributed by atoms with Crippen LogP contribution in [-0.2, 0) is 27.2 Å². The molecule has 0 amide bonds. The molecule has 1 atom stereocenters. The Morgan fingerprint density at radius 3 is 2.27 bits per heavy atom. The molecule has 2 aromatic heterocycles. The van der Waals surface area contributed by atoms with Gasteiger partial charge < -0.3 is 23.3 Å². The van der Waals surface area contributed by atoms with E-state index < -0.39 is 18.2 Å². The van der Waals surface area contributed by atoms with Gasteiger partial charge in [0.1, 0.15) is 11.0 Å². The summed E-state index contributed by atoms with van der Waals surface area (Å²) in [7, 11) is 3.13. The fraction of sp³-hybridized carbons (Fsp3) is 0.257. The number of alkyl halides is 3. The van der Waals surface area contributed by atoms with Crippen molar-refractivity contribution in [2.45, 2.75) is 20.0 Å². The number of ether oxygens (including phenoxy) is 3. The van der Waals surface area contributed by atoms with Gasteiger partial charge in [0, 0.05) is 41.3 Å². The maximum atomic E-state index is 13.7. The number of para-hydroxylation sites is 1. The van der Waals surface area contributed by atoms with E-state index >= 15 is 0 Å². The molecule has 0 radical (unpaired) electrons. The predicted octanol–water partition coefficient (Wildman–Crippen LogP) is 7.36. The molecule has 1 fully saturated rings. The highest BCUT2D eigenvalue weighted by molar-refractivity contribution is 8.15. The number of hydrogen-bond acceptors (Lipinski definition) is 7. The van der Waals surface area contributed by atoms with E-state index in [0.717, 1.165) is 29.1 Å². The summed E-state index contributed by atoms with van der Waals surface area (Å²) >= 11 is 6.64. The Morgan fingerprint density at radius 1 is 0.857 bits per heavy atom. The lowest BCUT2D eigenvalue weighted by molar-refractivity contribution is -0.137. The number of benzene rings is 3. The predicted molar refractivity (Wildman–Crippen MR) is 186 cm³/mol. The second-order valence-electron chi connectivity index (χ2n) is 11.6. The van der Waals surface area contributed by atoms with Crippen molar-refractivity contribution >= 4 is 35.2 Å². The molecule has 1 unspecified atom stereocenters. The monoisotopic (exact) mass is 707 g/mol. The first kappa shape index (κ1) is 33.1. The summed E-state index contributed by atoms with van der Waals surface area (Å²) in [5.74, 6) is 1.91. The molecule has 49 heavy (non-hydrogen) atoms. The third-order valence-electron chi connectivity index (χ3n) is 8.65. The van der Waals surface area contributed by atoms with Crippen molar-refractivity contribution in [3.8, 4) is 34.1 Å². The summed E-state index contributed by atoms with van der Waals surface area (Å²) in [5, 5.41) is 5.84. The minimum atomic E-state index is -4.48. The first-order chi connectivity index (χ1) is 23.5. The number of aryl methyl sites for hydroxylation is 1. The summed E-state index contributed by atoms with van der Waals surface area (Å²) in [6, 6.07) is 22.3. The van der Waals surface area contributed by atoms with Crippen molar-refractivity contribution in [1.82, 2.24) is 19.0 Å². The minimum absolute atomic E-state index is 0.321. The SMILES string of the molecule is COc1ccc(C2=Nc3c(c(-c4cc(C)n(-c5cccc(C(F)(F)F)c5)c4C)nn3-c3ccccc3)P(=S)(N3CCOCC3)O2)cc1OC. The lowest BCUT2D eigenvalue weighted by Gasteiger charge is -2.38. The Morgan fingerprint density at radius 2 is 1.57 bits per heavy atom. The fourth-order valence-electron chi connectivity index (χ4n) is 6.30. The van der Waals surface area contributed by atoms with Crippen LogP contribution in [0.1, 0.15) is 22.5 Å². The molecule has 0 spiro atoms. The van der Waals surface area contributed by atoms with Gasteiger partial charge in [0.2, 0.25) is 12.3 Å². The van der Waals surface area contributed by atoms with Crippen LogP contribution in [-0.4, -0.2) is 65.4 Å². The van der Waals surface area contributed by atoms with Crippen molar-refractivity contribution in [2.75, 3.05) is 40.5 Å². The molecule has 254 valence electrons. The number of halogens is 3. The van der Waals surface area contributed by atoms with Crippen molar-refractivity contribution in [2.24, 2.45) is 4.99 Å². The second-order valence-corrected chi connectivity index (χ2v) is 15.3. The first-order valence-electron chi connectivity index (χ1n) is 15.5. The van der Waals surface area contributed by atoms with Crippen LogP contribution in [0.25, 0.3) is 22.6 Å². The number of rotatable bonds is 7. The quantitative estimate of drug-likeness (QED) is 0.164. The largest absolute Gasteiger partial charge is 0.493 e. The molecule has 2 aliphatic heterocycles. The Balaban J connectivity index is 1.49. The number of aliphatic imine (C=N–C) groups is 1. The Labute approximate surface area is 286 Å². The maximum absolute atomic E-state index is 13.7. The van der Waals surface area contributed by atoms with Crippen LogP contribution < -0.4 is 14.8 Å². The lowest BCUT2D eigenvalue weighted by atomic mass is 10.1. The third-order valence-corrected chi connectivity index (χ3v) is 12.7. The summed E-state index contributed by atoms with van der Waals surface area (Å²) < 4.78 is 70.5. The average Bonchev–Trinajstić information content (AvgIpc) is 3.65. The van der Waals surface area contributed by atoms with Crippen LogP contribution in [0.5, 0.6) is 11.5 Å². The minimum Gasteiger partial charge on any atom is -0.493 e. The summed E-state index contributed by atoms with van der Waals surface area (Å²) in [5.41, 5.74) is 3.81. The van der Waals surface area contributed by atoms with Crippen LogP contribution in [0.4, 0.5) is 19.0 Å². The van der Waals surface area contributed by atoms with Gasteiger partial charge >= 0.3 is 6.18 Å². The van der Waals surface area contributed by atoms with E-state index in [2.05, 4.69) is 4.67 Å². The van der Waals surface area contributed by atoms with Gasteiger partial charge in [-0.05, 0) is 80.3 Å². The number of morpholine rings is 1. The molecule has 4 heterocycles. The van der Waals surface area contributed by atoms with E-state index in [-0.39, 0.29) is 0 Å². The van der Waals surface area contributed by atoms with Crippen LogP contribution in [0.2, 0.25) is 0 Å². The van der Waals surface area contributed by atoms with Crippen LogP contribution in [0.15, 0.2) is 83.9 Å². The molecule has 1 saturated heterocycles. The molecule has 7 rings (SSSR count). The second kappa shape index (κ2) is 12.8. The van der Waals surface area contributed by atoms with Gasteiger partial charge in [0.15, 0.2) is 17.3 Å². The first-order valence-corrected chi connectivity index (χ1v) is 18.2. The summed E-state index contributed by atoms with van der Waals surface area (Å²) in [6.45, 7) is 5.76. The van der Waals surface area contributed by atoms with Gasteiger partial charge in [-0.25, -0.2) is 9.35 Å². The summed E-state index contributed by atoms with van der Waals surface area (Å²) in [4.78, 5) is 5.08. The van der Waals surface area contributed by atoms with E-state index in [1.54, 1.807) is 41.7 Å². The van der Waals surface area contributed by atoms with E-state index in [1.807, 2.05) is 56.3 Å². The van der Waals surface area contributed by atoms with Crippen LogP contribution >= 0.6 is 6.42 Å².